The summed E-state index contributed by atoms with van der Waals surface area (Å²) in [6, 6.07) is 6.16. The van der Waals surface area contributed by atoms with Crippen LogP contribution in [0.25, 0.3) is 0 Å². The fraction of sp³-hybridized carbons (Fsp3) is 0.455. The molecule has 1 fully saturated rings. The lowest BCUT2D eigenvalue weighted by molar-refractivity contribution is 0.254. The number of nitrogens with two attached hydrogens (primary N) is 2. The lowest BCUT2D eigenvalue weighted by Crippen LogP contribution is -2.43. The Kier molecular flexibility index (Phi) is 1.81. The Morgan fingerprint density at radius 1 is 1.31 bits per heavy atom. The fourth-order valence-corrected chi connectivity index (χ4v) is 1.96. The predicted molar refractivity (Wildman–Crippen MR) is 55.3 cm³/mol. The molecular formula is C11H16N2. The van der Waals surface area contributed by atoms with Gasteiger partial charge in [-0.25, -0.2) is 0 Å². The molecule has 2 rings (SSSR count). The third-order valence-corrected chi connectivity index (χ3v) is 2.99. The minimum absolute atomic E-state index is 0.127. The molecule has 70 valence electrons. The molecule has 1 aromatic rings. The highest BCUT2D eigenvalue weighted by Gasteiger charge is 2.35. The number of hydrogen-bond donors (Lipinski definition) is 2. The highest BCUT2D eigenvalue weighted by atomic mass is 14.8. The molecule has 1 aliphatic rings. The first-order chi connectivity index (χ1) is 6.12. The lowest BCUT2D eigenvalue weighted by atomic mass is 9.72. The number of nitrogen functional groups attached to an aromatic ring is 1. The molecule has 1 aromatic carbocycles. The van der Waals surface area contributed by atoms with E-state index in [2.05, 4.69) is 12.1 Å². The Hall–Kier alpha value is -1.02. The molecule has 0 aliphatic heterocycles. The van der Waals surface area contributed by atoms with Gasteiger partial charge in [0.1, 0.15) is 0 Å². The predicted octanol–water partition coefficient (Wildman–Crippen LogP) is 1.92. The first kappa shape index (κ1) is 8.57. The average Bonchev–Trinajstić information content (AvgIpc) is 2.00. The summed E-state index contributed by atoms with van der Waals surface area (Å²) in [4.78, 5) is 0. The number of rotatable bonds is 1. The standard InChI is InChI=1S/C11H16N2/c1-8-3-4-9(10(12)7-8)11(13)5-2-6-11/h3-4,7H,2,5-6,12-13H2,1H3. The van der Waals surface area contributed by atoms with Gasteiger partial charge in [0.05, 0.1) is 0 Å². The number of benzene rings is 1. The van der Waals surface area contributed by atoms with E-state index < -0.39 is 0 Å². The smallest absolute Gasteiger partial charge is 0.0430 e. The van der Waals surface area contributed by atoms with Crippen molar-refractivity contribution in [2.45, 2.75) is 31.7 Å². The number of aryl methyl sites for hydroxylation is 1. The van der Waals surface area contributed by atoms with Crippen molar-refractivity contribution in [2.24, 2.45) is 5.73 Å². The van der Waals surface area contributed by atoms with E-state index in [4.69, 9.17) is 11.5 Å². The van der Waals surface area contributed by atoms with E-state index in [9.17, 15) is 0 Å². The molecule has 0 atom stereocenters. The normalized spacial score (nSPS) is 19.5. The van der Waals surface area contributed by atoms with Crippen LogP contribution in [0.1, 0.15) is 30.4 Å². The Labute approximate surface area is 78.9 Å². The molecular weight excluding hydrogens is 160 g/mol. The SMILES string of the molecule is Cc1ccc(C2(N)CCC2)c(N)c1. The lowest BCUT2D eigenvalue weighted by Gasteiger charge is -2.39. The van der Waals surface area contributed by atoms with Crippen molar-refractivity contribution in [2.75, 3.05) is 5.73 Å². The first-order valence-corrected chi connectivity index (χ1v) is 4.77. The molecule has 0 radical (unpaired) electrons. The van der Waals surface area contributed by atoms with E-state index in [0.717, 1.165) is 24.1 Å². The van der Waals surface area contributed by atoms with Crippen molar-refractivity contribution in [1.29, 1.82) is 0 Å². The Balaban J connectivity index is 2.40. The molecule has 0 bridgehead atoms. The number of hydrogen-bond acceptors (Lipinski definition) is 2. The zero-order valence-electron chi connectivity index (χ0n) is 8.01. The van der Waals surface area contributed by atoms with Crippen LogP contribution in [-0.2, 0) is 5.54 Å². The summed E-state index contributed by atoms with van der Waals surface area (Å²) < 4.78 is 0. The van der Waals surface area contributed by atoms with E-state index in [1.165, 1.54) is 12.0 Å². The van der Waals surface area contributed by atoms with Gasteiger partial charge in [0, 0.05) is 11.2 Å². The summed E-state index contributed by atoms with van der Waals surface area (Å²) in [5.41, 5.74) is 15.2. The minimum Gasteiger partial charge on any atom is -0.398 e. The van der Waals surface area contributed by atoms with Crippen LogP contribution in [0.3, 0.4) is 0 Å². The van der Waals surface area contributed by atoms with Crippen LogP contribution in [-0.4, -0.2) is 0 Å². The second-order valence-electron chi connectivity index (χ2n) is 4.10. The van der Waals surface area contributed by atoms with Crippen LogP contribution in [0.2, 0.25) is 0 Å². The minimum atomic E-state index is -0.127. The maximum atomic E-state index is 6.20. The van der Waals surface area contributed by atoms with Crippen LogP contribution in [0, 0.1) is 6.92 Å². The van der Waals surface area contributed by atoms with Crippen LogP contribution >= 0.6 is 0 Å². The summed E-state index contributed by atoms with van der Waals surface area (Å²) in [7, 11) is 0. The summed E-state index contributed by atoms with van der Waals surface area (Å²) in [6.07, 6.45) is 3.37. The van der Waals surface area contributed by atoms with Crippen LogP contribution in [0.15, 0.2) is 18.2 Å². The molecule has 0 aromatic heterocycles. The molecule has 2 nitrogen and oxygen atoms in total. The Morgan fingerprint density at radius 2 is 2.00 bits per heavy atom. The summed E-state index contributed by atoms with van der Waals surface area (Å²) >= 11 is 0. The van der Waals surface area contributed by atoms with Crippen LogP contribution in [0.4, 0.5) is 5.69 Å². The molecule has 0 heterocycles. The molecule has 4 N–H and O–H groups in total. The second kappa shape index (κ2) is 2.74. The van der Waals surface area contributed by atoms with Gasteiger partial charge in [-0.05, 0) is 43.4 Å². The molecule has 13 heavy (non-hydrogen) atoms. The van der Waals surface area contributed by atoms with E-state index in [1.807, 2.05) is 13.0 Å². The van der Waals surface area contributed by atoms with Gasteiger partial charge >= 0.3 is 0 Å². The maximum Gasteiger partial charge on any atom is 0.0430 e. The zero-order valence-corrected chi connectivity index (χ0v) is 8.01. The van der Waals surface area contributed by atoms with Gasteiger partial charge in [0.15, 0.2) is 0 Å². The monoisotopic (exact) mass is 176 g/mol. The number of anilines is 1. The molecule has 1 saturated carbocycles. The topological polar surface area (TPSA) is 52.0 Å². The molecule has 0 unspecified atom stereocenters. The summed E-state index contributed by atoms with van der Waals surface area (Å²) in [5, 5.41) is 0. The molecule has 2 heteroatoms. The Bertz CT molecular complexity index is 327. The largest absolute Gasteiger partial charge is 0.398 e. The average molecular weight is 176 g/mol. The Morgan fingerprint density at radius 3 is 2.46 bits per heavy atom. The highest BCUT2D eigenvalue weighted by Crippen LogP contribution is 2.41. The maximum absolute atomic E-state index is 6.20. The highest BCUT2D eigenvalue weighted by molar-refractivity contribution is 5.53. The van der Waals surface area contributed by atoms with Crippen molar-refractivity contribution >= 4 is 5.69 Å². The molecule has 1 aliphatic carbocycles. The van der Waals surface area contributed by atoms with Crippen molar-refractivity contribution < 1.29 is 0 Å². The van der Waals surface area contributed by atoms with Gasteiger partial charge < -0.3 is 11.5 Å². The third-order valence-electron chi connectivity index (χ3n) is 2.99. The van der Waals surface area contributed by atoms with Gasteiger partial charge in [-0.1, -0.05) is 12.1 Å². The van der Waals surface area contributed by atoms with E-state index in [-0.39, 0.29) is 5.54 Å². The van der Waals surface area contributed by atoms with Gasteiger partial charge in [-0.2, -0.15) is 0 Å². The summed E-state index contributed by atoms with van der Waals surface area (Å²) in [5.74, 6) is 0. The van der Waals surface area contributed by atoms with Crippen LogP contribution < -0.4 is 11.5 Å². The van der Waals surface area contributed by atoms with Crippen molar-refractivity contribution in [3.8, 4) is 0 Å². The summed E-state index contributed by atoms with van der Waals surface area (Å²) in [6.45, 7) is 2.05. The molecule has 0 spiro atoms. The zero-order chi connectivity index (χ0) is 9.47. The van der Waals surface area contributed by atoms with Crippen molar-refractivity contribution in [1.82, 2.24) is 0 Å². The quantitative estimate of drug-likeness (QED) is 0.642. The van der Waals surface area contributed by atoms with Crippen molar-refractivity contribution in [3.63, 3.8) is 0 Å². The van der Waals surface area contributed by atoms with Crippen molar-refractivity contribution in [3.05, 3.63) is 29.3 Å². The van der Waals surface area contributed by atoms with E-state index in [0.29, 0.717) is 0 Å². The van der Waals surface area contributed by atoms with Gasteiger partial charge in [0.2, 0.25) is 0 Å². The van der Waals surface area contributed by atoms with Crippen LogP contribution in [0.5, 0.6) is 0 Å². The third kappa shape index (κ3) is 1.31. The second-order valence-corrected chi connectivity index (χ2v) is 4.10. The first-order valence-electron chi connectivity index (χ1n) is 4.77. The van der Waals surface area contributed by atoms with Gasteiger partial charge in [-0.15, -0.1) is 0 Å². The van der Waals surface area contributed by atoms with Gasteiger partial charge in [0.25, 0.3) is 0 Å². The van der Waals surface area contributed by atoms with E-state index in [1.54, 1.807) is 0 Å². The van der Waals surface area contributed by atoms with E-state index >= 15 is 0 Å². The van der Waals surface area contributed by atoms with Gasteiger partial charge in [-0.3, -0.25) is 0 Å². The molecule has 0 saturated heterocycles. The fourth-order valence-electron chi connectivity index (χ4n) is 1.96. The molecule has 0 amide bonds.